The fourth-order valence-electron chi connectivity index (χ4n) is 3.60. The van der Waals surface area contributed by atoms with Crippen LogP contribution in [-0.2, 0) is 4.74 Å². The molecule has 2 aliphatic rings. The smallest absolute Gasteiger partial charge is 0.410 e. The van der Waals surface area contributed by atoms with Gasteiger partial charge in [-0.3, -0.25) is 0 Å². The minimum atomic E-state index is -0.402. The number of ether oxygens (including phenoxy) is 1. The number of rotatable bonds is 4. The molecule has 4 heteroatoms. The van der Waals surface area contributed by atoms with Crippen molar-refractivity contribution in [3.63, 3.8) is 0 Å². The van der Waals surface area contributed by atoms with E-state index in [-0.39, 0.29) is 6.09 Å². The Morgan fingerprint density at radius 2 is 1.77 bits per heavy atom. The Labute approximate surface area is 136 Å². The van der Waals surface area contributed by atoms with Gasteiger partial charge in [-0.15, -0.1) is 0 Å². The van der Waals surface area contributed by atoms with E-state index in [1.807, 2.05) is 25.7 Å². The molecule has 0 aromatic rings. The Balaban J connectivity index is 1.65. The summed E-state index contributed by atoms with van der Waals surface area (Å²) in [4.78, 5) is 13.9. The molecule has 22 heavy (non-hydrogen) atoms. The Kier molecular flexibility index (Phi) is 6.13. The van der Waals surface area contributed by atoms with Gasteiger partial charge in [-0.1, -0.05) is 26.2 Å². The number of carbonyl (C=O) groups excluding carboxylic acids is 1. The summed E-state index contributed by atoms with van der Waals surface area (Å²) < 4.78 is 5.45. The average Bonchev–Trinajstić information content (AvgIpc) is 2.93. The first-order valence-corrected chi connectivity index (χ1v) is 9.08. The second-order valence-electron chi connectivity index (χ2n) is 8.12. The summed E-state index contributed by atoms with van der Waals surface area (Å²) >= 11 is 0. The largest absolute Gasteiger partial charge is 0.444 e. The van der Waals surface area contributed by atoms with Crippen LogP contribution in [0.25, 0.3) is 0 Å². The molecule has 0 aromatic heterocycles. The maximum Gasteiger partial charge on any atom is 0.410 e. The van der Waals surface area contributed by atoms with Crippen LogP contribution < -0.4 is 5.32 Å². The third kappa shape index (κ3) is 5.45. The van der Waals surface area contributed by atoms with Crippen LogP contribution >= 0.6 is 0 Å². The number of carbonyl (C=O) groups is 1. The fraction of sp³-hybridized carbons (Fsp3) is 0.944. The maximum absolute atomic E-state index is 12.1. The highest BCUT2D eigenvalue weighted by molar-refractivity contribution is 5.68. The van der Waals surface area contributed by atoms with Gasteiger partial charge < -0.3 is 15.0 Å². The van der Waals surface area contributed by atoms with Crippen LogP contribution in [0.15, 0.2) is 0 Å². The van der Waals surface area contributed by atoms with E-state index in [0.29, 0.717) is 6.04 Å². The molecular weight excluding hydrogens is 276 g/mol. The zero-order valence-corrected chi connectivity index (χ0v) is 14.9. The Hall–Kier alpha value is -0.770. The molecule has 1 saturated heterocycles. The highest BCUT2D eigenvalue weighted by Crippen LogP contribution is 2.30. The van der Waals surface area contributed by atoms with Crippen molar-refractivity contribution in [1.29, 1.82) is 0 Å². The van der Waals surface area contributed by atoms with Gasteiger partial charge in [-0.25, -0.2) is 4.79 Å². The number of likely N-dealkylation sites (tertiary alicyclic amines) is 1. The first-order chi connectivity index (χ1) is 10.4. The standard InChI is InChI=1S/C18H34N2O2/c1-5-14-6-8-15(9-7-14)12-19-16-10-11-20(13-16)17(21)22-18(2,3)4/h14-16,19H,5-13H2,1-4H3. The highest BCUT2D eigenvalue weighted by atomic mass is 16.6. The Morgan fingerprint density at radius 3 is 2.36 bits per heavy atom. The fourth-order valence-corrected chi connectivity index (χ4v) is 3.60. The second kappa shape index (κ2) is 7.67. The summed E-state index contributed by atoms with van der Waals surface area (Å²) in [7, 11) is 0. The average molecular weight is 310 g/mol. The molecule has 128 valence electrons. The topological polar surface area (TPSA) is 41.6 Å². The second-order valence-corrected chi connectivity index (χ2v) is 8.12. The summed E-state index contributed by atoms with van der Waals surface area (Å²) in [6.07, 6.45) is 7.76. The van der Waals surface area contributed by atoms with E-state index in [2.05, 4.69) is 12.2 Å². The minimum Gasteiger partial charge on any atom is -0.444 e. The SMILES string of the molecule is CCC1CCC(CNC2CCN(C(=O)OC(C)(C)C)C2)CC1. The van der Waals surface area contributed by atoms with Crippen LogP contribution in [-0.4, -0.2) is 42.3 Å². The van der Waals surface area contributed by atoms with E-state index in [9.17, 15) is 4.79 Å². The van der Waals surface area contributed by atoms with Gasteiger partial charge in [-0.2, -0.15) is 0 Å². The molecular formula is C18H34N2O2. The normalized spacial score (nSPS) is 29.6. The van der Waals surface area contributed by atoms with Crippen LogP contribution in [0.4, 0.5) is 4.79 Å². The van der Waals surface area contributed by atoms with Crippen molar-refractivity contribution < 1.29 is 9.53 Å². The van der Waals surface area contributed by atoms with Crippen LogP contribution in [0, 0.1) is 11.8 Å². The molecule has 1 aliphatic carbocycles. The summed E-state index contributed by atoms with van der Waals surface area (Å²) in [6, 6.07) is 0.441. The summed E-state index contributed by atoms with van der Waals surface area (Å²) in [5.74, 6) is 1.80. The molecule has 2 fully saturated rings. The van der Waals surface area contributed by atoms with Gasteiger partial charge >= 0.3 is 6.09 Å². The van der Waals surface area contributed by atoms with Gasteiger partial charge in [0.15, 0.2) is 0 Å². The van der Waals surface area contributed by atoms with Gasteiger partial charge in [-0.05, 0) is 58.4 Å². The first-order valence-electron chi connectivity index (χ1n) is 9.08. The molecule has 4 nitrogen and oxygen atoms in total. The summed E-state index contributed by atoms with van der Waals surface area (Å²) in [5.41, 5.74) is -0.402. The minimum absolute atomic E-state index is 0.166. The molecule has 0 radical (unpaired) electrons. The summed E-state index contributed by atoms with van der Waals surface area (Å²) in [5, 5.41) is 3.68. The first kappa shape index (κ1) is 17.6. The van der Waals surface area contributed by atoms with E-state index < -0.39 is 5.60 Å². The van der Waals surface area contributed by atoms with Crippen LogP contribution in [0.1, 0.15) is 66.2 Å². The predicted octanol–water partition coefficient (Wildman–Crippen LogP) is 3.80. The zero-order chi connectivity index (χ0) is 16.2. The van der Waals surface area contributed by atoms with Crippen molar-refractivity contribution >= 4 is 6.09 Å². The van der Waals surface area contributed by atoms with Crippen LogP contribution in [0.3, 0.4) is 0 Å². The molecule has 1 saturated carbocycles. The number of nitrogens with one attached hydrogen (secondary N) is 1. The monoisotopic (exact) mass is 310 g/mol. The van der Waals surface area contributed by atoms with E-state index in [1.165, 1.54) is 32.1 Å². The molecule has 0 bridgehead atoms. The maximum atomic E-state index is 12.1. The number of amides is 1. The number of nitrogens with zero attached hydrogens (tertiary/aromatic N) is 1. The highest BCUT2D eigenvalue weighted by Gasteiger charge is 2.30. The van der Waals surface area contributed by atoms with Crippen LogP contribution in [0.5, 0.6) is 0 Å². The Morgan fingerprint density at radius 1 is 1.14 bits per heavy atom. The lowest BCUT2D eigenvalue weighted by Crippen LogP contribution is -2.39. The molecule has 0 spiro atoms. The lowest BCUT2D eigenvalue weighted by atomic mass is 9.81. The molecule has 1 heterocycles. The summed E-state index contributed by atoms with van der Waals surface area (Å²) in [6.45, 7) is 10.8. The molecule has 1 N–H and O–H groups in total. The van der Waals surface area contributed by atoms with Gasteiger partial charge in [0.25, 0.3) is 0 Å². The van der Waals surface area contributed by atoms with Gasteiger partial charge in [0, 0.05) is 19.1 Å². The lowest BCUT2D eigenvalue weighted by molar-refractivity contribution is 0.0290. The van der Waals surface area contributed by atoms with Crippen molar-refractivity contribution in [2.45, 2.75) is 77.9 Å². The van der Waals surface area contributed by atoms with Crippen molar-refractivity contribution in [2.24, 2.45) is 11.8 Å². The number of hydrogen-bond donors (Lipinski definition) is 1. The van der Waals surface area contributed by atoms with Gasteiger partial charge in [0.1, 0.15) is 5.60 Å². The predicted molar refractivity (Wildman–Crippen MR) is 90.0 cm³/mol. The van der Waals surface area contributed by atoms with Gasteiger partial charge in [0.05, 0.1) is 0 Å². The van der Waals surface area contributed by atoms with Gasteiger partial charge in [0.2, 0.25) is 0 Å². The molecule has 1 amide bonds. The molecule has 0 aromatic carbocycles. The van der Waals surface area contributed by atoms with E-state index in [1.54, 1.807) is 0 Å². The third-order valence-corrected chi connectivity index (χ3v) is 5.08. The van der Waals surface area contributed by atoms with Crippen molar-refractivity contribution in [1.82, 2.24) is 10.2 Å². The zero-order valence-electron chi connectivity index (χ0n) is 14.9. The van der Waals surface area contributed by atoms with E-state index in [0.717, 1.165) is 37.9 Å². The van der Waals surface area contributed by atoms with Crippen molar-refractivity contribution in [3.8, 4) is 0 Å². The molecule has 2 rings (SSSR count). The van der Waals surface area contributed by atoms with E-state index >= 15 is 0 Å². The Bertz CT molecular complexity index is 357. The lowest BCUT2D eigenvalue weighted by Gasteiger charge is -2.29. The van der Waals surface area contributed by atoms with Crippen molar-refractivity contribution in [2.75, 3.05) is 19.6 Å². The van der Waals surface area contributed by atoms with Crippen molar-refractivity contribution in [3.05, 3.63) is 0 Å². The van der Waals surface area contributed by atoms with E-state index in [4.69, 9.17) is 4.74 Å². The molecule has 1 unspecified atom stereocenters. The van der Waals surface area contributed by atoms with Crippen LogP contribution in [0.2, 0.25) is 0 Å². The molecule has 1 atom stereocenters. The third-order valence-electron chi connectivity index (χ3n) is 5.08. The molecule has 1 aliphatic heterocycles. The number of hydrogen-bond acceptors (Lipinski definition) is 3. The quantitative estimate of drug-likeness (QED) is 0.858.